The summed E-state index contributed by atoms with van der Waals surface area (Å²) in [6.07, 6.45) is 4.03. The molecule has 0 N–H and O–H groups in total. The van der Waals surface area contributed by atoms with Crippen molar-refractivity contribution in [2.75, 3.05) is 46.4 Å². The fraction of sp³-hybridized carbons (Fsp3) is 0.833. The molecule has 1 saturated carbocycles. The number of rotatable bonds is 6. The summed E-state index contributed by atoms with van der Waals surface area (Å²) >= 11 is 0. The van der Waals surface area contributed by atoms with Gasteiger partial charge in [0.25, 0.3) is 0 Å². The van der Waals surface area contributed by atoms with Crippen LogP contribution in [0.25, 0.3) is 0 Å². The first kappa shape index (κ1) is 15.6. The molecular weight excluding hydrogens is 290 g/mol. The number of ether oxygens (including phenoxy) is 1. The third-order valence-corrected chi connectivity index (χ3v) is 5.88. The summed E-state index contributed by atoms with van der Waals surface area (Å²) in [4.78, 5) is 5.04. The van der Waals surface area contributed by atoms with Gasteiger partial charge in [-0.25, -0.2) is 0 Å². The van der Waals surface area contributed by atoms with E-state index in [2.05, 4.69) is 28.1 Å². The normalized spacial score (nSPS) is 32.3. The Balaban J connectivity index is 1.35. The summed E-state index contributed by atoms with van der Waals surface area (Å²) < 4.78 is 11.3. The first-order valence-corrected chi connectivity index (χ1v) is 9.04. The van der Waals surface area contributed by atoms with Crippen LogP contribution in [0.5, 0.6) is 0 Å². The van der Waals surface area contributed by atoms with Crippen molar-refractivity contribution >= 4 is 0 Å². The number of hydrogen-bond acceptors (Lipinski definition) is 5. The SMILES string of the molecule is Cc1cc(CN2CC[C@@]3(CN(C)C[C@H]3COCC3CC3)C2)no1. The third kappa shape index (κ3) is 3.47. The number of aryl methyl sites for hydroxylation is 1. The Morgan fingerprint density at radius 3 is 2.96 bits per heavy atom. The molecule has 3 aliphatic rings. The second-order valence-electron chi connectivity index (χ2n) is 8.13. The Hall–Kier alpha value is -0.910. The lowest BCUT2D eigenvalue weighted by Crippen LogP contribution is -2.36. The van der Waals surface area contributed by atoms with Crippen LogP contribution in [-0.2, 0) is 11.3 Å². The molecule has 128 valence electrons. The van der Waals surface area contributed by atoms with Crippen LogP contribution < -0.4 is 0 Å². The molecule has 5 nitrogen and oxygen atoms in total. The van der Waals surface area contributed by atoms with E-state index in [1.54, 1.807) is 0 Å². The van der Waals surface area contributed by atoms with Crippen molar-refractivity contribution < 1.29 is 9.26 Å². The van der Waals surface area contributed by atoms with Gasteiger partial charge in [0.15, 0.2) is 0 Å². The van der Waals surface area contributed by atoms with Crippen molar-refractivity contribution in [2.24, 2.45) is 17.3 Å². The largest absolute Gasteiger partial charge is 0.381 e. The predicted octanol–water partition coefficient (Wildman–Crippen LogP) is 2.16. The van der Waals surface area contributed by atoms with Crippen molar-refractivity contribution in [1.29, 1.82) is 0 Å². The van der Waals surface area contributed by atoms with Gasteiger partial charge in [-0.3, -0.25) is 4.90 Å². The summed E-state index contributed by atoms with van der Waals surface area (Å²) in [6.45, 7) is 9.52. The lowest BCUT2D eigenvalue weighted by molar-refractivity contribution is 0.0555. The Morgan fingerprint density at radius 1 is 1.35 bits per heavy atom. The van der Waals surface area contributed by atoms with Crippen molar-refractivity contribution in [2.45, 2.75) is 32.7 Å². The number of hydrogen-bond donors (Lipinski definition) is 0. The fourth-order valence-electron chi connectivity index (χ4n) is 4.50. The zero-order valence-corrected chi connectivity index (χ0v) is 14.5. The van der Waals surface area contributed by atoms with E-state index in [1.165, 1.54) is 45.4 Å². The van der Waals surface area contributed by atoms with Crippen LogP contribution in [-0.4, -0.2) is 61.4 Å². The van der Waals surface area contributed by atoms with Crippen LogP contribution in [0.1, 0.15) is 30.7 Å². The molecule has 1 spiro atoms. The maximum atomic E-state index is 6.06. The smallest absolute Gasteiger partial charge is 0.133 e. The number of likely N-dealkylation sites (tertiary alicyclic amines) is 2. The Morgan fingerprint density at radius 2 is 2.22 bits per heavy atom. The Bertz CT molecular complexity index is 542. The minimum atomic E-state index is 0.414. The molecule has 3 fully saturated rings. The van der Waals surface area contributed by atoms with Gasteiger partial charge in [-0.05, 0) is 45.7 Å². The number of nitrogens with zero attached hydrogens (tertiary/aromatic N) is 3. The van der Waals surface area contributed by atoms with Crippen molar-refractivity contribution in [3.63, 3.8) is 0 Å². The van der Waals surface area contributed by atoms with Gasteiger partial charge in [0.2, 0.25) is 0 Å². The van der Waals surface area contributed by atoms with Crippen molar-refractivity contribution in [1.82, 2.24) is 15.0 Å². The molecule has 0 unspecified atom stereocenters. The second kappa shape index (κ2) is 6.19. The molecule has 2 aliphatic heterocycles. The molecule has 3 heterocycles. The standard InChI is InChI=1S/C18H29N3O2/c1-14-7-17(19-23-14)9-21-6-5-18(13-21)12-20(2)8-16(18)11-22-10-15-3-4-15/h7,15-16H,3-6,8-13H2,1-2H3/t16-,18+/m0/s1. The quantitative estimate of drug-likeness (QED) is 0.804. The van der Waals surface area contributed by atoms with Gasteiger partial charge < -0.3 is 14.2 Å². The highest BCUT2D eigenvalue weighted by Crippen LogP contribution is 2.44. The zero-order valence-electron chi connectivity index (χ0n) is 14.5. The lowest BCUT2D eigenvalue weighted by Gasteiger charge is -2.30. The molecule has 1 aromatic rings. The Kier molecular flexibility index (Phi) is 4.20. The minimum Gasteiger partial charge on any atom is -0.381 e. The van der Waals surface area contributed by atoms with Gasteiger partial charge in [-0.15, -0.1) is 0 Å². The van der Waals surface area contributed by atoms with Crippen LogP contribution in [0.2, 0.25) is 0 Å². The summed E-state index contributed by atoms with van der Waals surface area (Å²) in [5.41, 5.74) is 1.48. The van der Waals surface area contributed by atoms with E-state index < -0.39 is 0 Å². The Labute approximate surface area is 138 Å². The molecule has 2 atom stereocenters. The minimum absolute atomic E-state index is 0.414. The van der Waals surface area contributed by atoms with Gasteiger partial charge >= 0.3 is 0 Å². The zero-order chi connectivity index (χ0) is 15.9. The van der Waals surface area contributed by atoms with Gasteiger partial charge in [0.05, 0.1) is 12.3 Å². The molecule has 0 bridgehead atoms. The summed E-state index contributed by atoms with van der Waals surface area (Å²) in [5.74, 6) is 2.44. The molecule has 4 rings (SSSR count). The van der Waals surface area contributed by atoms with E-state index >= 15 is 0 Å². The van der Waals surface area contributed by atoms with E-state index in [1.807, 2.05) is 6.92 Å². The van der Waals surface area contributed by atoms with E-state index in [0.717, 1.165) is 37.1 Å². The average molecular weight is 319 g/mol. The van der Waals surface area contributed by atoms with Crippen LogP contribution >= 0.6 is 0 Å². The average Bonchev–Trinajstić information content (AvgIpc) is 2.98. The van der Waals surface area contributed by atoms with Gasteiger partial charge in [-0.2, -0.15) is 0 Å². The van der Waals surface area contributed by atoms with Gasteiger partial charge in [0.1, 0.15) is 5.76 Å². The lowest BCUT2D eigenvalue weighted by atomic mass is 9.77. The van der Waals surface area contributed by atoms with E-state index in [-0.39, 0.29) is 0 Å². The molecular formula is C18H29N3O2. The summed E-state index contributed by atoms with van der Waals surface area (Å²) in [5, 5.41) is 4.15. The van der Waals surface area contributed by atoms with Gasteiger partial charge in [0, 0.05) is 50.2 Å². The highest BCUT2D eigenvalue weighted by atomic mass is 16.5. The second-order valence-corrected chi connectivity index (χ2v) is 8.13. The van der Waals surface area contributed by atoms with E-state index in [9.17, 15) is 0 Å². The molecule has 0 radical (unpaired) electrons. The van der Waals surface area contributed by atoms with E-state index in [0.29, 0.717) is 11.3 Å². The van der Waals surface area contributed by atoms with Crippen LogP contribution in [0.3, 0.4) is 0 Å². The first-order chi connectivity index (χ1) is 11.1. The van der Waals surface area contributed by atoms with Crippen LogP contribution in [0.15, 0.2) is 10.6 Å². The van der Waals surface area contributed by atoms with Crippen LogP contribution in [0.4, 0.5) is 0 Å². The predicted molar refractivity (Wildman–Crippen MR) is 88.1 cm³/mol. The molecule has 1 aliphatic carbocycles. The van der Waals surface area contributed by atoms with Crippen molar-refractivity contribution in [3.05, 3.63) is 17.5 Å². The highest BCUT2D eigenvalue weighted by molar-refractivity contribution is 5.06. The molecule has 1 aromatic heterocycles. The van der Waals surface area contributed by atoms with Gasteiger partial charge in [-0.1, -0.05) is 5.16 Å². The third-order valence-electron chi connectivity index (χ3n) is 5.88. The molecule has 23 heavy (non-hydrogen) atoms. The van der Waals surface area contributed by atoms with E-state index in [4.69, 9.17) is 9.26 Å². The van der Waals surface area contributed by atoms with Crippen LogP contribution in [0, 0.1) is 24.2 Å². The van der Waals surface area contributed by atoms with Crippen molar-refractivity contribution in [3.8, 4) is 0 Å². The number of aromatic nitrogens is 1. The molecule has 0 aromatic carbocycles. The first-order valence-electron chi connectivity index (χ1n) is 9.04. The topological polar surface area (TPSA) is 41.7 Å². The molecule has 2 saturated heterocycles. The monoisotopic (exact) mass is 319 g/mol. The summed E-state index contributed by atoms with van der Waals surface area (Å²) in [6, 6.07) is 2.06. The maximum absolute atomic E-state index is 6.06. The highest BCUT2D eigenvalue weighted by Gasteiger charge is 2.49. The maximum Gasteiger partial charge on any atom is 0.133 e. The molecule has 5 heteroatoms. The molecule has 0 amide bonds. The fourth-order valence-corrected chi connectivity index (χ4v) is 4.50. The summed E-state index contributed by atoms with van der Waals surface area (Å²) in [7, 11) is 2.26.